The highest BCUT2D eigenvalue weighted by Crippen LogP contribution is 2.21. The smallest absolute Gasteiger partial charge is 0.401 e. The first kappa shape index (κ1) is 15.4. The van der Waals surface area contributed by atoms with Crippen LogP contribution in [0.3, 0.4) is 0 Å². The minimum Gasteiger partial charge on any atom is -0.468 e. The number of ether oxygens (including phenoxy) is 1. The Balaban J connectivity index is 3.00. The van der Waals surface area contributed by atoms with Crippen LogP contribution in [-0.4, -0.2) is 25.8 Å². The first-order chi connectivity index (χ1) is 8.74. The molecule has 0 heterocycles. The number of esters is 1. The Kier molecular flexibility index (Phi) is 4.82. The number of alkyl halides is 3. The molecule has 0 radical (unpaired) electrons. The summed E-state index contributed by atoms with van der Waals surface area (Å²) in [6.45, 7) is -1.51. The molecule has 1 rings (SSSR count). The molecule has 0 aliphatic heterocycles. The standard InChI is InChI=1S/C11H10F5NO2/c1-19-10(18)9(17-5-11(14,15)16)7-3-2-6(12)4-8(7)13/h2-4,9,17H,5H2,1H3. The summed E-state index contributed by atoms with van der Waals surface area (Å²) in [5.74, 6) is -3.14. The van der Waals surface area contributed by atoms with E-state index in [-0.39, 0.29) is 0 Å². The van der Waals surface area contributed by atoms with Gasteiger partial charge >= 0.3 is 12.1 Å². The molecule has 0 saturated heterocycles. The Morgan fingerprint density at radius 2 is 2.00 bits per heavy atom. The zero-order valence-corrected chi connectivity index (χ0v) is 9.72. The Morgan fingerprint density at radius 1 is 1.37 bits per heavy atom. The fourth-order valence-electron chi connectivity index (χ4n) is 1.39. The van der Waals surface area contributed by atoms with Crippen molar-refractivity contribution in [3.05, 3.63) is 35.4 Å². The van der Waals surface area contributed by atoms with Gasteiger partial charge < -0.3 is 4.74 Å². The molecule has 0 saturated carbocycles. The van der Waals surface area contributed by atoms with Gasteiger partial charge in [0.2, 0.25) is 0 Å². The summed E-state index contributed by atoms with van der Waals surface area (Å²) >= 11 is 0. The highest BCUT2D eigenvalue weighted by Gasteiger charge is 2.32. The molecule has 1 N–H and O–H groups in total. The highest BCUT2D eigenvalue weighted by molar-refractivity contribution is 5.77. The Bertz CT molecular complexity index is 461. The molecule has 0 aliphatic rings. The summed E-state index contributed by atoms with van der Waals surface area (Å²) in [5, 5.41) is 1.82. The summed E-state index contributed by atoms with van der Waals surface area (Å²) < 4.78 is 66.7. The van der Waals surface area contributed by atoms with Gasteiger partial charge in [-0.1, -0.05) is 6.07 Å². The average molecular weight is 283 g/mol. The monoisotopic (exact) mass is 283 g/mol. The minimum atomic E-state index is -4.58. The topological polar surface area (TPSA) is 38.3 Å². The maximum absolute atomic E-state index is 13.4. The lowest BCUT2D eigenvalue weighted by molar-refractivity contribution is -0.146. The van der Waals surface area contributed by atoms with Crippen LogP contribution >= 0.6 is 0 Å². The van der Waals surface area contributed by atoms with Gasteiger partial charge in [-0.15, -0.1) is 0 Å². The molecule has 8 heteroatoms. The Hall–Kier alpha value is -1.70. The van der Waals surface area contributed by atoms with Gasteiger partial charge in [0.1, 0.15) is 17.7 Å². The van der Waals surface area contributed by atoms with Crippen molar-refractivity contribution in [3.63, 3.8) is 0 Å². The summed E-state index contributed by atoms with van der Waals surface area (Å²) in [7, 11) is 0.950. The molecule has 1 unspecified atom stereocenters. The van der Waals surface area contributed by atoms with Crippen molar-refractivity contribution in [2.24, 2.45) is 0 Å². The van der Waals surface area contributed by atoms with E-state index in [9.17, 15) is 26.7 Å². The van der Waals surface area contributed by atoms with E-state index < -0.39 is 41.9 Å². The third kappa shape index (κ3) is 4.47. The summed E-state index contributed by atoms with van der Waals surface area (Å²) in [5.41, 5.74) is -0.419. The number of carbonyl (C=O) groups excluding carboxylic acids is 1. The second-order valence-electron chi connectivity index (χ2n) is 3.62. The average Bonchev–Trinajstić information content (AvgIpc) is 2.29. The molecule has 19 heavy (non-hydrogen) atoms. The van der Waals surface area contributed by atoms with E-state index in [0.29, 0.717) is 6.07 Å². The largest absolute Gasteiger partial charge is 0.468 e. The van der Waals surface area contributed by atoms with Crippen molar-refractivity contribution in [2.75, 3.05) is 13.7 Å². The number of hydrogen-bond acceptors (Lipinski definition) is 3. The molecule has 1 aromatic carbocycles. The van der Waals surface area contributed by atoms with Gasteiger partial charge in [-0.25, -0.2) is 13.6 Å². The number of halogens is 5. The lowest BCUT2D eigenvalue weighted by atomic mass is 10.1. The molecular formula is C11H10F5NO2. The second kappa shape index (κ2) is 5.96. The van der Waals surface area contributed by atoms with Crippen molar-refractivity contribution >= 4 is 5.97 Å². The Morgan fingerprint density at radius 3 is 2.47 bits per heavy atom. The molecule has 0 bridgehead atoms. The second-order valence-corrected chi connectivity index (χ2v) is 3.62. The van der Waals surface area contributed by atoms with Crippen LogP contribution in [0.4, 0.5) is 22.0 Å². The van der Waals surface area contributed by atoms with Crippen LogP contribution in [0.1, 0.15) is 11.6 Å². The lowest BCUT2D eigenvalue weighted by Crippen LogP contribution is -2.37. The van der Waals surface area contributed by atoms with Crippen LogP contribution in [0.2, 0.25) is 0 Å². The summed E-state index contributed by atoms with van der Waals surface area (Å²) in [4.78, 5) is 11.4. The van der Waals surface area contributed by atoms with Crippen LogP contribution in [-0.2, 0) is 9.53 Å². The number of hydrogen-bond donors (Lipinski definition) is 1. The van der Waals surface area contributed by atoms with Gasteiger partial charge in [0.25, 0.3) is 0 Å². The fraction of sp³-hybridized carbons (Fsp3) is 0.364. The predicted octanol–water partition coefficient (Wildman–Crippen LogP) is 2.33. The van der Waals surface area contributed by atoms with Gasteiger partial charge in [0, 0.05) is 11.6 Å². The number of methoxy groups -OCH3 is 1. The lowest BCUT2D eigenvalue weighted by Gasteiger charge is -2.18. The highest BCUT2D eigenvalue weighted by atomic mass is 19.4. The van der Waals surface area contributed by atoms with E-state index in [1.165, 1.54) is 0 Å². The molecule has 0 aromatic heterocycles. The molecule has 3 nitrogen and oxygen atoms in total. The normalized spacial score (nSPS) is 13.2. The van der Waals surface area contributed by atoms with E-state index >= 15 is 0 Å². The molecular weight excluding hydrogens is 273 g/mol. The Labute approximate surface area is 105 Å². The van der Waals surface area contributed by atoms with Gasteiger partial charge in [-0.3, -0.25) is 5.32 Å². The third-order valence-electron chi connectivity index (χ3n) is 2.22. The van der Waals surface area contributed by atoms with Gasteiger partial charge in [-0.05, 0) is 6.07 Å². The van der Waals surface area contributed by atoms with Gasteiger partial charge in [0.05, 0.1) is 13.7 Å². The summed E-state index contributed by atoms with van der Waals surface area (Å²) in [6, 6.07) is 0.534. The van der Waals surface area contributed by atoms with Crippen molar-refractivity contribution in [3.8, 4) is 0 Å². The van der Waals surface area contributed by atoms with Gasteiger partial charge in [-0.2, -0.15) is 13.2 Å². The maximum atomic E-state index is 13.4. The van der Waals surface area contributed by atoms with E-state index in [4.69, 9.17) is 0 Å². The quantitative estimate of drug-likeness (QED) is 0.681. The zero-order chi connectivity index (χ0) is 14.6. The predicted molar refractivity (Wildman–Crippen MR) is 55.2 cm³/mol. The van der Waals surface area contributed by atoms with Gasteiger partial charge in [0.15, 0.2) is 0 Å². The zero-order valence-electron chi connectivity index (χ0n) is 9.72. The van der Waals surface area contributed by atoms with Crippen LogP contribution in [0, 0.1) is 11.6 Å². The van der Waals surface area contributed by atoms with Crippen LogP contribution in [0.5, 0.6) is 0 Å². The number of carbonyl (C=O) groups is 1. The van der Waals surface area contributed by atoms with E-state index in [1.807, 2.05) is 5.32 Å². The summed E-state index contributed by atoms with van der Waals surface area (Å²) in [6.07, 6.45) is -4.58. The van der Waals surface area contributed by atoms with Crippen molar-refractivity contribution in [2.45, 2.75) is 12.2 Å². The van der Waals surface area contributed by atoms with E-state index in [1.54, 1.807) is 0 Å². The first-order valence-corrected chi connectivity index (χ1v) is 5.07. The van der Waals surface area contributed by atoms with Crippen molar-refractivity contribution < 1.29 is 31.5 Å². The molecule has 0 amide bonds. The number of nitrogens with one attached hydrogen (secondary N) is 1. The van der Waals surface area contributed by atoms with Crippen LogP contribution in [0.15, 0.2) is 18.2 Å². The minimum absolute atomic E-state index is 0.419. The van der Waals surface area contributed by atoms with E-state index in [2.05, 4.69) is 4.74 Å². The number of benzene rings is 1. The maximum Gasteiger partial charge on any atom is 0.401 e. The third-order valence-corrected chi connectivity index (χ3v) is 2.22. The molecule has 106 valence electrons. The van der Waals surface area contributed by atoms with Crippen LogP contribution in [0.25, 0.3) is 0 Å². The SMILES string of the molecule is COC(=O)C(NCC(F)(F)F)c1ccc(F)cc1F. The number of rotatable bonds is 4. The molecule has 1 atom stereocenters. The van der Waals surface area contributed by atoms with Crippen LogP contribution < -0.4 is 5.32 Å². The van der Waals surface area contributed by atoms with Crippen molar-refractivity contribution in [1.82, 2.24) is 5.32 Å². The fourth-order valence-corrected chi connectivity index (χ4v) is 1.39. The molecule has 0 spiro atoms. The first-order valence-electron chi connectivity index (χ1n) is 5.07. The molecule has 0 aliphatic carbocycles. The van der Waals surface area contributed by atoms with Crippen molar-refractivity contribution in [1.29, 1.82) is 0 Å². The van der Waals surface area contributed by atoms with E-state index in [0.717, 1.165) is 19.2 Å². The molecule has 0 fully saturated rings. The molecule has 1 aromatic rings.